The molecule has 2 rings (SSSR count). The van der Waals surface area contributed by atoms with Gasteiger partial charge < -0.3 is 15.3 Å². The molecule has 0 aromatic rings. The van der Waals surface area contributed by atoms with E-state index in [1.165, 1.54) is 6.42 Å². The average molecular weight is 282 g/mol. The molecule has 1 aliphatic heterocycles. The molecule has 1 saturated carbocycles. The average Bonchev–Trinajstić information content (AvgIpc) is 2.67. The Morgan fingerprint density at radius 1 is 1.00 bits per heavy atom. The van der Waals surface area contributed by atoms with E-state index >= 15 is 0 Å². The normalized spacial score (nSPS) is 23.1. The fraction of sp³-hybridized carbons (Fsp3) is 0.867. The van der Waals surface area contributed by atoms with Gasteiger partial charge in [0.1, 0.15) is 0 Å². The lowest BCUT2D eigenvalue weighted by Crippen LogP contribution is -2.39. The maximum atomic E-state index is 12.5. The molecule has 5 heteroatoms. The van der Waals surface area contributed by atoms with Gasteiger partial charge in [-0.1, -0.05) is 19.3 Å². The third kappa shape index (κ3) is 4.20. The largest absolute Gasteiger partial charge is 0.481 e. The highest BCUT2D eigenvalue weighted by Gasteiger charge is 2.37. The van der Waals surface area contributed by atoms with Gasteiger partial charge in [-0.05, 0) is 31.2 Å². The summed E-state index contributed by atoms with van der Waals surface area (Å²) in [5.41, 5.74) is -0.291. The summed E-state index contributed by atoms with van der Waals surface area (Å²) in [5, 5.41) is 12.5. The van der Waals surface area contributed by atoms with Crippen LogP contribution in [0.2, 0.25) is 0 Å². The van der Waals surface area contributed by atoms with Gasteiger partial charge in [0.05, 0.1) is 6.42 Å². The Labute approximate surface area is 120 Å². The van der Waals surface area contributed by atoms with Crippen LogP contribution in [0.5, 0.6) is 0 Å². The van der Waals surface area contributed by atoms with E-state index in [1.54, 1.807) is 0 Å². The first kappa shape index (κ1) is 15.3. The van der Waals surface area contributed by atoms with Crippen LogP contribution in [0.4, 0.5) is 0 Å². The van der Waals surface area contributed by atoms with E-state index in [9.17, 15) is 9.59 Å². The minimum absolute atomic E-state index is 0.144. The van der Waals surface area contributed by atoms with E-state index < -0.39 is 5.97 Å². The van der Waals surface area contributed by atoms with Gasteiger partial charge in [0.25, 0.3) is 0 Å². The van der Waals surface area contributed by atoms with Crippen LogP contribution in [-0.4, -0.2) is 48.1 Å². The van der Waals surface area contributed by atoms with Gasteiger partial charge in [0.15, 0.2) is 0 Å². The summed E-state index contributed by atoms with van der Waals surface area (Å²) in [7, 11) is 0. The maximum Gasteiger partial charge on any atom is 0.303 e. The molecule has 1 heterocycles. The first-order chi connectivity index (χ1) is 9.61. The van der Waals surface area contributed by atoms with Crippen LogP contribution in [0.15, 0.2) is 0 Å². The Morgan fingerprint density at radius 2 is 1.75 bits per heavy atom. The second-order valence-corrected chi connectivity index (χ2v) is 6.29. The molecule has 20 heavy (non-hydrogen) atoms. The highest BCUT2D eigenvalue weighted by molar-refractivity contribution is 5.78. The molecule has 0 aromatic heterocycles. The van der Waals surface area contributed by atoms with E-state index in [2.05, 4.69) is 5.32 Å². The van der Waals surface area contributed by atoms with Crippen molar-refractivity contribution < 1.29 is 14.7 Å². The predicted octanol–water partition coefficient (Wildman–Crippen LogP) is 1.62. The predicted molar refractivity (Wildman–Crippen MR) is 76.5 cm³/mol. The van der Waals surface area contributed by atoms with E-state index in [0.717, 1.165) is 58.3 Å². The summed E-state index contributed by atoms with van der Waals surface area (Å²) < 4.78 is 0. The molecule has 1 amide bonds. The number of hydrogen-bond donors (Lipinski definition) is 2. The van der Waals surface area contributed by atoms with Crippen molar-refractivity contribution in [1.82, 2.24) is 10.2 Å². The molecule has 0 bridgehead atoms. The van der Waals surface area contributed by atoms with Crippen LogP contribution < -0.4 is 5.32 Å². The first-order valence-corrected chi connectivity index (χ1v) is 7.82. The Bertz CT molecular complexity index is 343. The molecular formula is C15H26N2O3. The number of nitrogens with zero attached hydrogens (tertiary/aromatic N) is 1. The molecule has 0 aromatic carbocycles. The molecule has 0 radical (unpaired) electrons. The van der Waals surface area contributed by atoms with Crippen LogP contribution in [0.1, 0.15) is 51.4 Å². The van der Waals surface area contributed by atoms with Gasteiger partial charge >= 0.3 is 5.97 Å². The van der Waals surface area contributed by atoms with Crippen LogP contribution in [0.3, 0.4) is 0 Å². The topological polar surface area (TPSA) is 69.6 Å². The van der Waals surface area contributed by atoms with Crippen molar-refractivity contribution in [3.05, 3.63) is 0 Å². The van der Waals surface area contributed by atoms with Crippen molar-refractivity contribution in [2.24, 2.45) is 5.41 Å². The van der Waals surface area contributed by atoms with Gasteiger partial charge in [-0.3, -0.25) is 9.59 Å². The van der Waals surface area contributed by atoms with E-state index in [1.807, 2.05) is 4.90 Å². The van der Waals surface area contributed by atoms with Gasteiger partial charge in [-0.25, -0.2) is 0 Å². The molecule has 2 fully saturated rings. The molecule has 2 N–H and O–H groups in total. The molecule has 1 aliphatic carbocycles. The van der Waals surface area contributed by atoms with E-state index in [0.29, 0.717) is 6.42 Å². The van der Waals surface area contributed by atoms with Crippen molar-refractivity contribution in [3.8, 4) is 0 Å². The highest BCUT2D eigenvalue weighted by atomic mass is 16.4. The van der Waals surface area contributed by atoms with Gasteiger partial charge in [-0.15, -0.1) is 0 Å². The molecule has 0 atom stereocenters. The minimum atomic E-state index is -0.766. The smallest absolute Gasteiger partial charge is 0.303 e. The Kier molecular flexibility index (Phi) is 5.40. The Morgan fingerprint density at radius 3 is 2.45 bits per heavy atom. The third-order valence-corrected chi connectivity index (χ3v) is 4.66. The SMILES string of the molecule is O=C(O)CC1(CC(=O)N2CCCNCC2)CCCCC1. The fourth-order valence-electron chi connectivity index (χ4n) is 3.57. The number of nitrogens with one attached hydrogen (secondary N) is 1. The zero-order valence-corrected chi connectivity index (χ0v) is 12.2. The summed E-state index contributed by atoms with van der Waals surface area (Å²) in [6.45, 7) is 3.36. The standard InChI is InChI=1S/C15H26N2O3/c18-13(17-9-4-7-16-8-10-17)11-15(12-14(19)20)5-2-1-3-6-15/h16H,1-12H2,(H,19,20). The van der Waals surface area contributed by atoms with Gasteiger partial charge in [-0.2, -0.15) is 0 Å². The van der Waals surface area contributed by atoms with Crippen molar-refractivity contribution in [1.29, 1.82) is 0 Å². The number of carboxylic acid groups (broad SMARTS) is 1. The molecule has 5 nitrogen and oxygen atoms in total. The Balaban J connectivity index is 1.98. The lowest BCUT2D eigenvalue weighted by molar-refractivity contribution is -0.142. The number of carboxylic acids is 1. The summed E-state index contributed by atoms with van der Waals surface area (Å²) >= 11 is 0. The van der Waals surface area contributed by atoms with Crippen LogP contribution in [-0.2, 0) is 9.59 Å². The number of amides is 1. The zero-order valence-electron chi connectivity index (χ0n) is 12.2. The number of aliphatic carboxylic acids is 1. The summed E-state index contributed by atoms with van der Waals surface area (Å²) in [5.74, 6) is -0.617. The van der Waals surface area contributed by atoms with Crippen molar-refractivity contribution in [2.45, 2.75) is 51.4 Å². The molecule has 0 unspecified atom stereocenters. The number of rotatable bonds is 4. The molecular weight excluding hydrogens is 256 g/mol. The number of carbonyl (C=O) groups is 2. The molecule has 2 aliphatic rings. The van der Waals surface area contributed by atoms with E-state index in [-0.39, 0.29) is 17.7 Å². The van der Waals surface area contributed by atoms with Gasteiger partial charge in [0, 0.05) is 26.1 Å². The third-order valence-electron chi connectivity index (χ3n) is 4.66. The second-order valence-electron chi connectivity index (χ2n) is 6.29. The summed E-state index contributed by atoms with van der Waals surface area (Å²) in [4.78, 5) is 25.6. The van der Waals surface area contributed by atoms with Crippen molar-refractivity contribution >= 4 is 11.9 Å². The monoisotopic (exact) mass is 282 g/mol. The molecule has 0 spiro atoms. The number of hydrogen-bond acceptors (Lipinski definition) is 3. The second kappa shape index (κ2) is 7.07. The van der Waals surface area contributed by atoms with Crippen LogP contribution in [0, 0.1) is 5.41 Å². The van der Waals surface area contributed by atoms with Crippen molar-refractivity contribution in [2.75, 3.05) is 26.2 Å². The highest BCUT2D eigenvalue weighted by Crippen LogP contribution is 2.42. The molecule has 1 saturated heterocycles. The van der Waals surface area contributed by atoms with Crippen LogP contribution >= 0.6 is 0 Å². The lowest BCUT2D eigenvalue weighted by Gasteiger charge is -2.37. The maximum absolute atomic E-state index is 12.5. The lowest BCUT2D eigenvalue weighted by atomic mass is 9.69. The van der Waals surface area contributed by atoms with E-state index in [4.69, 9.17) is 5.11 Å². The van der Waals surface area contributed by atoms with Crippen molar-refractivity contribution in [3.63, 3.8) is 0 Å². The van der Waals surface area contributed by atoms with Crippen LogP contribution in [0.25, 0.3) is 0 Å². The summed E-state index contributed by atoms with van der Waals surface area (Å²) in [6.07, 6.45) is 6.60. The number of carbonyl (C=O) groups excluding carboxylic acids is 1. The zero-order chi connectivity index (χ0) is 14.4. The minimum Gasteiger partial charge on any atom is -0.481 e. The summed E-state index contributed by atoms with van der Waals surface area (Å²) in [6, 6.07) is 0. The quantitative estimate of drug-likeness (QED) is 0.822. The molecule has 114 valence electrons. The van der Waals surface area contributed by atoms with Gasteiger partial charge in [0.2, 0.25) is 5.91 Å². The fourth-order valence-corrected chi connectivity index (χ4v) is 3.57. The first-order valence-electron chi connectivity index (χ1n) is 7.82. The Hall–Kier alpha value is -1.10.